The van der Waals surface area contributed by atoms with Crippen LogP contribution in [0.1, 0.15) is 17.0 Å². The number of aromatic nitrogens is 1. The number of halogens is 1. The number of rotatable bonds is 2. The molecule has 6 heteroatoms. The maximum atomic E-state index is 13.2. The standard InChI is InChI=1S/C21H16ClN3O2/c22-17-9-8-15(12-23-17)16-11-14-7-4-10-24-19(14)25(16)21(27)18(20(24)26)13-5-2-1-3-6-13/h1-12,18-19,21,27H. The third-order valence-electron chi connectivity index (χ3n) is 5.23. The van der Waals surface area contributed by atoms with E-state index in [1.54, 1.807) is 23.4 Å². The van der Waals surface area contributed by atoms with Crippen LogP contribution in [0.2, 0.25) is 5.15 Å². The highest BCUT2D eigenvalue weighted by Crippen LogP contribution is 2.45. The zero-order valence-corrected chi connectivity index (χ0v) is 15.0. The fourth-order valence-electron chi connectivity index (χ4n) is 4.02. The van der Waals surface area contributed by atoms with E-state index in [2.05, 4.69) is 4.98 Å². The van der Waals surface area contributed by atoms with E-state index in [9.17, 15) is 9.90 Å². The number of hydrogen-bond acceptors (Lipinski definition) is 4. The number of aliphatic hydroxyl groups excluding tert-OH is 1. The van der Waals surface area contributed by atoms with Gasteiger partial charge in [0.2, 0.25) is 5.91 Å². The number of hydrogen-bond donors (Lipinski definition) is 1. The number of carbonyl (C=O) groups is 1. The number of amides is 1. The van der Waals surface area contributed by atoms with Gasteiger partial charge in [0.05, 0.1) is 5.70 Å². The first-order valence-electron chi connectivity index (χ1n) is 8.71. The van der Waals surface area contributed by atoms with Crippen LogP contribution in [0.25, 0.3) is 5.70 Å². The van der Waals surface area contributed by atoms with Crippen molar-refractivity contribution in [2.75, 3.05) is 0 Å². The highest BCUT2D eigenvalue weighted by atomic mass is 35.5. The van der Waals surface area contributed by atoms with Gasteiger partial charge < -0.3 is 10.0 Å². The first kappa shape index (κ1) is 16.3. The van der Waals surface area contributed by atoms with E-state index in [1.165, 1.54) is 0 Å². The zero-order chi connectivity index (χ0) is 18.5. The number of pyridine rings is 1. The molecule has 5 rings (SSSR count). The summed E-state index contributed by atoms with van der Waals surface area (Å²) in [4.78, 5) is 20.9. The Hall–Kier alpha value is -2.89. The average molecular weight is 378 g/mol. The lowest BCUT2D eigenvalue weighted by molar-refractivity contribution is -0.152. The van der Waals surface area contributed by atoms with Gasteiger partial charge in [-0.3, -0.25) is 9.69 Å². The Balaban J connectivity index is 1.63. The lowest BCUT2D eigenvalue weighted by Crippen LogP contribution is -2.60. The summed E-state index contributed by atoms with van der Waals surface area (Å²) < 4.78 is 0. The van der Waals surface area contributed by atoms with Gasteiger partial charge in [-0.25, -0.2) is 4.98 Å². The second-order valence-electron chi connectivity index (χ2n) is 6.74. The second kappa shape index (κ2) is 6.08. The quantitative estimate of drug-likeness (QED) is 0.817. The smallest absolute Gasteiger partial charge is 0.240 e. The molecule has 5 nitrogen and oxygen atoms in total. The fraction of sp³-hybridized carbons (Fsp3) is 0.143. The molecule has 3 atom stereocenters. The Kier molecular flexibility index (Phi) is 3.67. The van der Waals surface area contributed by atoms with Crippen LogP contribution < -0.4 is 0 Å². The SMILES string of the molecule is O=C1C(c2ccccc2)C(O)N2C(c3ccc(Cl)nc3)=CC3=CC=CN1C32. The van der Waals surface area contributed by atoms with Crippen molar-refractivity contribution in [3.63, 3.8) is 0 Å². The molecule has 4 heterocycles. The van der Waals surface area contributed by atoms with Crippen LogP contribution in [0.3, 0.4) is 0 Å². The molecule has 1 aromatic heterocycles. The monoisotopic (exact) mass is 377 g/mol. The van der Waals surface area contributed by atoms with Crippen molar-refractivity contribution in [3.8, 4) is 0 Å². The summed E-state index contributed by atoms with van der Waals surface area (Å²) in [5, 5.41) is 11.7. The summed E-state index contributed by atoms with van der Waals surface area (Å²) in [7, 11) is 0. The first-order chi connectivity index (χ1) is 13.1. The normalized spacial score (nSPS) is 26.0. The second-order valence-corrected chi connectivity index (χ2v) is 7.12. The Morgan fingerprint density at radius 3 is 2.67 bits per heavy atom. The Morgan fingerprint density at radius 2 is 1.93 bits per heavy atom. The predicted octanol–water partition coefficient (Wildman–Crippen LogP) is 3.12. The van der Waals surface area contributed by atoms with Crippen LogP contribution in [0.15, 0.2) is 78.7 Å². The van der Waals surface area contributed by atoms with Gasteiger partial charge in [-0.15, -0.1) is 0 Å². The molecule has 1 saturated heterocycles. The van der Waals surface area contributed by atoms with E-state index >= 15 is 0 Å². The van der Waals surface area contributed by atoms with Crippen molar-refractivity contribution in [1.29, 1.82) is 0 Å². The van der Waals surface area contributed by atoms with Crippen LogP contribution in [-0.2, 0) is 4.79 Å². The van der Waals surface area contributed by atoms with Crippen molar-refractivity contribution in [3.05, 3.63) is 94.9 Å². The van der Waals surface area contributed by atoms with Gasteiger partial charge in [-0.05, 0) is 35.4 Å². The molecule has 0 radical (unpaired) electrons. The van der Waals surface area contributed by atoms with Crippen LogP contribution in [0.4, 0.5) is 0 Å². The van der Waals surface area contributed by atoms with Crippen molar-refractivity contribution in [2.24, 2.45) is 0 Å². The molecule has 3 aliphatic heterocycles. The lowest BCUT2D eigenvalue weighted by atomic mass is 9.91. The molecule has 0 bridgehead atoms. The van der Waals surface area contributed by atoms with Gasteiger partial charge in [-0.1, -0.05) is 48.0 Å². The van der Waals surface area contributed by atoms with Gasteiger partial charge in [0, 0.05) is 18.0 Å². The molecule has 1 N–H and O–H groups in total. The summed E-state index contributed by atoms with van der Waals surface area (Å²) in [6.07, 6.45) is 7.96. The molecule has 3 aliphatic rings. The van der Waals surface area contributed by atoms with Gasteiger partial charge in [-0.2, -0.15) is 0 Å². The van der Waals surface area contributed by atoms with Crippen molar-refractivity contribution >= 4 is 23.2 Å². The molecule has 0 aliphatic carbocycles. The largest absolute Gasteiger partial charge is 0.372 e. The van der Waals surface area contributed by atoms with Crippen molar-refractivity contribution < 1.29 is 9.90 Å². The molecule has 134 valence electrons. The van der Waals surface area contributed by atoms with Crippen LogP contribution in [0.5, 0.6) is 0 Å². The van der Waals surface area contributed by atoms with E-state index in [0.29, 0.717) is 5.15 Å². The first-order valence-corrected chi connectivity index (χ1v) is 9.08. The third-order valence-corrected chi connectivity index (χ3v) is 5.45. The molecule has 1 aromatic carbocycles. The summed E-state index contributed by atoms with van der Waals surface area (Å²) in [6, 6.07) is 13.0. The highest BCUT2D eigenvalue weighted by Gasteiger charge is 2.51. The molecule has 27 heavy (non-hydrogen) atoms. The van der Waals surface area contributed by atoms with Crippen LogP contribution >= 0.6 is 11.6 Å². The minimum atomic E-state index is -0.986. The van der Waals surface area contributed by atoms with Gasteiger partial charge >= 0.3 is 0 Å². The molecule has 0 saturated carbocycles. The molecular weight excluding hydrogens is 362 g/mol. The molecule has 2 aromatic rings. The zero-order valence-electron chi connectivity index (χ0n) is 14.2. The average Bonchev–Trinajstić information content (AvgIpc) is 3.08. The Morgan fingerprint density at radius 1 is 1.11 bits per heavy atom. The Labute approximate surface area is 161 Å². The predicted molar refractivity (Wildman–Crippen MR) is 102 cm³/mol. The van der Waals surface area contributed by atoms with Gasteiger partial charge in [0.1, 0.15) is 23.5 Å². The number of benzene rings is 1. The van der Waals surface area contributed by atoms with E-state index in [1.807, 2.05) is 59.5 Å². The topological polar surface area (TPSA) is 56.7 Å². The van der Waals surface area contributed by atoms with Gasteiger partial charge in [0.25, 0.3) is 0 Å². The molecule has 0 spiro atoms. The van der Waals surface area contributed by atoms with Crippen LogP contribution in [0, 0.1) is 0 Å². The molecular formula is C21H16ClN3O2. The molecule has 1 fully saturated rings. The van der Waals surface area contributed by atoms with E-state index < -0.39 is 12.1 Å². The number of allylic oxidation sites excluding steroid dienone is 2. The van der Waals surface area contributed by atoms with Crippen LogP contribution in [-0.4, -0.2) is 38.2 Å². The van der Waals surface area contributed by atoms with Crippen molar-refractivity contribution in [1.82, 2.24) is 14.8 Å². The minimum Gasteiger partial charge on any atom is -0.372 e. The lowest BCUT2D eigenvalue weighted by Gasteiger charge is -2.48. The summed E-state index contributed by atoms with van der Waals surface area (Å²) in [5.41, 5.74) is 3.42. The van der Waals surface area contributed by atoms with E-state index in [0.717, 1.165) is 22.4 Å². The summed E-state index contributed by atoms with van der Waals surface area (Å²) in [5.74, 6) is -0.783. The Bertz CT molecular complexity index is 998. The molecule has 3 unspecified atom stereocenters. The fourth-order valence-corrected chi connectivity index (χ4v) is 4.13. The number of aliphatic hydroxyl groups is 1. The maximum Gasteiger partial charge on any atom is 0.240 e. The molecule has 1 amide bonds. The highest BCUT2D eigenvalue weighted by molar-refractivity contribution is 6.29. The summed E-state index contributed by atoms with van der Waals surface area (Å²) in [6.45, 7) is 0. The van der Waals surface area contributed by atoms with E-state index in [4.69, 9.17) is 11.6 Å². The van der Waals surface area contributed by atoms with Gasteiger partial charge in [0.15, 0.2) is 0 Å². The number of nitrogens with zero attached hydrogens (tertiary/aromatic N) is 3. The third kappa shape index (κ3) is 2.43. The number of carbonyl (C=O) groups excluding carboxylic acids is 1. The van der Waals surface area contributed by atoms with Crippen molar-refractivity contribution in [2.45, 2.75) is 18.3 Å². The maximum absolute atomic E-state index is 13.2. The minimum absolute atomic E-state index is 0.110. The van der Waals surface area contributed by atoms with E-state index in [-0.39, 0.29) is 12.1 Å². The summed E-state index contributed by atoms with van der Waals surface area (Å²) >= 11 is 5.93.